The van der Waals surface area contributed by atoms with Crippen LogP contribution >= 0.6 is 34.2 Å². The molecule has 1 aromatic carbocycles. The van der Waals surface area contributed by atoms with Gasteiger partial charge in [0.05, 0.1) is 5.52 Å². The van der Waals surface area contributed by atoms with Crippen molar-refractivity contribution in [2.45, 2.75) is 0 Å². The van der Waals surface area contributed by atoms with Crippen LogP contribution in [0.15, 0.2) is 18.2 Å². The van der Waals surface area contributed by atoms with Gasteiger partial charge in [0.2, 0.25) is 5.28 Å². The van der Waals surface area contributed by atoms with E-state index in [-0.39, 0.29) is 5.28 Å². The highest BCUT2D eigenvalue weighted by molar-refractivity contribution is 14.1. The minimum absolute atomic E-state index is 0.267. The van der Waals surface area contributed by atoms with Crippen LogP contribution in [-0.2, 0) is 0 Å². The number of benzene rings is 1. The van der Waals surface area contributed by atoms with Crippen LogP contribution in [0.1, 0.15) is 0 Å². The number of halogens is 2. The van der Waals surface area contributed by atoms with E-state index in [4.69, 9.17) is 11.6 Å². The van der Waals surface area contributed by atoms with Crippen molar-refractivity contribution in [2.75, 3.05) is 12.4 Å². The Morgan fingerprint density at radius 2 is 2.14 bits per heavy atom. The van der Waals surface area contributed by atoms with Gasteiger partial charge in [-0.1, -0.05) is 0 Å². The monoisotopic (exact) mass is 319 g/mol. The summed E-state index contributed by atoms with van der Waals surface area (Å²) in [6.45, 7) is 0. The summed E-state index contributed by atoms with van der Waals surface area (Å²) >= 11 is 8.03. The number of nitrogens with one attached hydrogen (secondary N) is 1. The number of hydrogen-bond donors (Lipinski definition) is 1. The first kappa shape index (κ1) is 9.92. The second-order valence-electron chi connectivity index (χ2n) is 2.75. The summed E-state index contributed by atoms with van der Waals surface area (Å²) in [6.07, 6.45) is 0. The van der Waals surface area contributed by atoms with Gasteiger partial charge < -0.3 is 5.32 Å². The summed E-state index contributed by atoms with van der Waals surface area (Å²) in [7, 11) is 1.82. The molecule has 0 spiro atoms. The van der Waals surface area contributed by atoms with Gasteiger partial charge in [0.15, 0.2) is 0 Å². The van der Waals surface area contributed by atoms with E-state index in [0.29, 0.717) is 0 Å². The van der Waals surface area contributed by atoms with E-state index < -0.39 is 0 Å². The number of fused-ring (bicyclic) bond motifs is 1. The Kier molecular flexibility index (Phi) is 2.73. The first-order valence-electron chi connectivity index (χ1n) is 4.01. The minimum atomic E-state index is 0.267. The third-order valence-corrected chi connectivity index (χ3v) is 2.71. The van der Waals surface area contributed by atoms with E-state index in [0.717, 1.165) is 20.3 Å². The summed E-state index contributed by atoms with van der Waals surface area (Å²) in [5, 5.41) is 4.24. The molecule has 0 unspecified atom stereocenters. The number of hydrogen-bond acceptors (Lipinski definition) is 3. The Labute approximate surface area is 100 Å². The summed E-state index contributed by atoms with van der Waals surface area (Å²) in [5.74, 6) is 0.761. The minimum Gasteiger partial charge on any atom is -0.372 e. The van der Waals surface area contributed by atoms with Gasteiger partial charge in [-0.25, -0.2) is 9.97 Å². The van der Waals surface area contributed by atoms with E-state index in [1.807, 2.05) is 25.2 Å². The predicted octanol–water partition coefficient (Wildman–Crippen LogP) is 2.93. The zero-order valence-corrected chi connectivity index (χ0v) is 10.3. The van der Waals surface area contributed by atoms with Crippen LogP contribution in [-0.4, -0.2) is 17.0 Å². The molecule has 72 valence electrons. The van der Waals surface area contributed by atoms with Gasteiger partial charge in [0.1, 0.15) is 5.82 Å². The molecule has 1 heterocycles. The van der Waals surface area contributed by atoms with Crippen LogP contribution in [0.2, 0.25) is 5.28 Å². The standard InChI is InChI=1S/C9H7ClIN3/c1-12-8-6-3-2-5(11)4-7(6)13-9(10)14-8/h2-4H,1H3,(H,12,13,14). The zero-order chi connectivity index (χ0) is 10.1. The number of anilines is 1. The van der Waals surface area contributed by atoms with E-state index in [1.165, 1.54) is 0 Å². The summed E-state index contributed by atoms with van der Waals surface area (Å²) in [6, 6.07) is 5.98. The van der Waals surface area contributed by atoms with Crippen LogP contribution in [0.4, 0.5) is 5.82 Å². The van der Waals surface area contributed by atoms with Gasteiger partial charge in [0, 0.05) is 16.0 Å². The van der Waals surface area contributed by atoms with Crippen molar-refractivity contribution in [3.8, 4) is 0 Å². The Bertz CT molecular complexity index is 481. The molecule has 1 N–H and O–H groups in total. The molecule has 0 aliphatic heterocycles. The quantitative estimate of drug-likeness (QED) is 0.649. The molecule has 0 aliphatic carbocycles. The molecule has 0 atom stereocenters. The second-order valence-corrected chi connectivity index (χ2v) is 4.34. The number of rotatable bonds is 1. The smallest absolute Gasteiger partial charge is 0.224 e. The fraction of sp³-hybridized carbons (Fsp3) is 0.111. The zero-order valence-electron chi connectivity index (χ0n) is 7.38. The fourth-order valence-corrected chi connectivity index (χ4v) is 1.92. The van der Waals surface area contributed by atoms with Crippen LogP contribution < -0.4 is 5.32 Å². The average Bonchev–Trinajstić information content (AvgIpc) is 2.15. The lowest BCUT2D eigenvalue weighted by molar-refractivity contribution is 1.21. The maximum Gasteiger partial charge on any atom is 0.224 e. The molecule has 0 amide bonds. The van der Waals surface area contributed by atoms with E-state index >= 15 is 0 Å². The van der Waals surface area contributed by atoms with Crippen LogP contribution in [0.25, 0.3) is 10.9 Å². The average molecular weight is 320 g/mol. The van der Waals surface area contributed by atoms with Crippen LogP contribution in [0.5, 0.6) is 0 Å². The molecule has 1 aromatic heterocycles. The van der Waals surface area contributed by atoms with Gasteiger partial charge in [-0.15, -0.1) is 0 Å². The van der Waals surface area contributed by atoms with E-state index in [9.17, 15) is 0 Å². The Morgan fingerprint density at radius 3 is 2.86 bits per heavy atom. The van der Waals surface area contributed by atoms with Crippen molar-refractivity contribution in [1.29, 1.82) is 0 Å². The topological polar surface area (TPSA) is 37.8 Å². The normalized spacial score (nSPS) is 10.5. The highest BCUT2D eigenvalue weighted by atomic mass is 127. The maximum absolute atomic E-state index is 5.79. The second kappa shape index (κ2) is 3.86. The third-order valence-electron chi connectivity index (χ3n) is 1.87. The highest BCUT2D eigenvalue weighted by Gasteiger charge is 2.04. The lowest BCUT2D eigenvalue weighted by Crippen LogP contribution is -1.96. The molecule has 0 aliphatic rings. The predicted molar refractivity (Wildman–Crippen MR) is 66.8 cm³/mol. The van der Waals surface area contributed by atoms with Gasteiger partial charge in [-0.2, -0.15) is 0 Å². The maximum atomic E-state index is 5.79. The molecule has 3 nitrogen and oxygen atoms in total. The Hall–Kier alpha value is -0.620. The summed E-state index contributed by atoms with van der Waals surface area (Å²) in [5.41, 5.74) is 0.862. The molecular weight excluding hydrogens is 312 g/mol. The van der Waals surface area contributed by atoms with Gasteiger partial charge in [-0.05, 0) is 52.4 Å². The molecule has 5 heteroatoms. The highest BCUT2D eigenvalue weighted by Crippen LogP contribution is 2.23. The van der Waals surface area contributed by atoms with E-state index in [1.54, 1.807) is 0 Å². The third kappa shape index (κ3) is 1.76. The van der Waals surface area contributed by atoms with Gasteiger partial charge in [0.25, 0.3) is 0 Å². The number of nitrogens with zero attached hydrogens (tertiary/aromatic N) is 2. The molecule has 0 fully saturated rings. The van der Waals surface area contributed by atoms with Crippen molar-refractivity contribution < 1.29 is 0 Å². The molecule has 2 aromatic rings. The molecule has 2 rings (SSSR count). The molecule has 0 saturated heterocycles. The molecule has 0 bridgehead atoms. The largest absolute Gasteiger partial charge is 0.372 e. The van der Waals surface area contributed by atoms with Crippen molar-refractivity contribution in [1.82, 2.24) is 9.97 Å². The fourth-order valence-electron chi connectivity index (χ4n) is 1.26. The van der Waals surface area contributed by atoms with E-state index in [2.05, 4.69) is 37.9 Å². The Morgan fingerprint density at radius 1 is 1.36 bits per heavy atom. The summed E-state index contributed by atoms with van der Waals surface area (Å²) in [4.78, 5) is 8.24. The SMILES string of the molecule is CNc1nc(Cl)nc2cc(I)ccc12. The first-order chi connectivity index (χ1) is 6.70. The van der Waals surface area contributed by atoms with Gasteiger partial charge in [-0.3, -0.25) is 0 Å². The van der Waals surface area contributed by atoms with Crippen LogP contribution in [0, 0.1) is 3.57 Å². The first-order valence-corrected chi connectivity index (χ1v) is 5.47. The lowest BCUT2D eigenvalue weighted by Gasteiger charge is -2.04. The van der Waals surface area contributed by atoms with Crippen molar-refractivity contribution in [3.05, 3.63) is 27.1 Å². The Balaban J connectivity index is 2.81. The lowest BCUT2D eigenvalue weighted by atomic mass is 10.2. The molecule has 14 heavy (non-hydrogen) atoms. The van der Waals surface area contributed by atoms with Crippen LogP contribution in [0.3, 0.4) is 0 Å². The molecule has 0 radical (unpaired) electrons. The molecule has 0 saturated carbocycles. The van der Waals surface area contributed by atoms with Gasteiger partial charge >= 0.3 is 0 Å². The number of aromatic nitrogens is 2. The van der Waals surface area contributed by atoms with Crippen molar-refractivity contribution >= 4 is 50.9 Å². The van der Waals surface area contributed by atoms with Crippen molar-refractivity contribution in [3.63, 3.8) is 0 Å². The molecular formula is C9H7ClIN3. The van der Waals surface area contributed by atoms with Crippen molar-refractivity contribution in [2.24, 2.45) is 0 Å². The summed E-state index contributed by atoms with van der Waals surface area (Å²) < 4.78 is 1.13.